The molecule has 0 aromatic carbocycles. The first-order valence-electron chi connectivity index (χ1n) is 7.71. The van der Waals surface area contributed by atoms with Crippen LogP contribution in [0.3, 0.4) is 0 Å². The normalized spacial score (nSPS) is 18.4. The van der Waals surface area contributed by atoms with Crippen molar-refractivity contribution in [3.8, 4) is 0 Å². The average molecular weight is 326 g/mol. The summed E-state index contributed by atoms with van der Waals surface area (Å²) in [5.74, 6) is 0.0269. The second-order valence-corrected chi connectivity index (χ2v) is 6.90. The molecule has 2 heterocycles. The molecule has 7 heteroatoms. The van der Waals surface area contributed by atoms with Crippen LogP contribution in [0, 0.1) is 13.8 Å². The average Bonchev–Trinajstić information content (AvgIpc) is 2.83. The maximum atomic E-state index is 12.4. The number of nitrogens with zero attached hydrogens (tertiary/aromatic N) is 3. The summed E-state index contributed by atoms with van der Waals surface area (Å²) in [6.07, 6.45) is 0. The van der Waals surface area contributed by atoms with Gasteiger partial charge in [-0.2, -0.15) is 0 Å². The van der Waals surface area contributed by atoms with E-state index in [9.17, 15) is 4.79 Å². The number of thiazole rings is 1. The van der Waals surface area contributed by atoms with Crippen molar-refractivity contribution in [2.75, 3.05) is 51.8 Å². The number of rotatable bonds is 6. The maximum absolute atomic E-state index is 12.4. The van der Waals surface area contributed by atoms with Crippen molar-refractivity contribution in [3.63, 3.8) is 0 Å². The van der Waals surface area contributed by atoms with Gasteiger partial charge in [-0.15, -0.1) is 11.3 Å². The number of methoxy groups -OCH3 is 1. The number of carbonyl (C=O) groups is 1. The van der Waals surface area contributed by atoms with Crippen molar-refractivity contribution in [2.24, 2.45) is 0 Å². The summed E-state index contributed by atoms with van der Waals surface area (Å²) >= 11 is 1.53. The Bertz CT molecular complexity index is 478. The van der Waals surface area contributed by atoms with Crippen LogP contribution >= 0.6 is 11.3 Å². The van der Waals surface area contributed by atoms with Crippen LogP contribution in [-0.2, 0) is 9.53 Å². The number of anilines is 1. The fourth-order valence-corrected chi connectivity index (χ4v) is 3.31. The number of nitrogens with one attached hydrogen (secondary N) is 1. The molecule has 1 aliphatic rings. The van der Waals surface area contributed by atoms with E-state index >= 15 is 0 Å². The summed E-state index contributed by atoms with van der Waals surface area (Å²) in [6.45, 7) is 11.5. The highest BCUT2D eigenvalue weighted by Gasteiger charge is 2.26. The molecule has 1 N–H and O–H groups in total. The van der Waals surface area contributed by atoms with E-state index in [-0.39, 0.29) is 11.9 Å². The van der Waals surface area contributed by atoms with Crippen LogP contribution in [0.2, 0.25) is 0 Å². The number of carbonyl (C=O) groups excluding carboxylic acids is 1. The lowest BCUT2D eigenvalue weighted by Gasteiger charge is -2.37. The molecule has 2 rings (SSSR count). The Morgan fingerprint density at radius 2 is 2.05 bits per heavy atom. The summed E-state index contributed by atoms with van der Waals surface area (Å²) in [4.78, 5) is 22.5. The lowest BCUT2D eigenvalue weighted by molar-refractivity contribution is -0.121. The van der Waals surface area contributed by atoms with Crippen LogP contribution in [-0.4, -0.2) is 73.2 Å². The van der Waals surface area contributed by atoms with E-state index in [1.165, 1.54) is 11.3 Å². The van der Waals surface area contributed by atoms with Gasteiger partial charge in [0, 0.05) is 44.7 Å². The SMILES string of the molecule is COCCN1CCN(C(C)C(=O)Nc2nc(C)c(C)s2)CC1. The number of amides is 1. The summed E-state index contributed by atoms with van der Waals surface area (Å²) in [6, 6.07) is -0.130. The van der Waals surface area contributed by atoms with E-state index in [4.69, 9.17) is 4.74 Å². The zero-order valence-electron chi connectivity index (χ0n) is 13.9. The Balaban J connectivity index is 1.81. The molecule has 124 valence electrons. The zero-order valence-corrected chi connectivity index (χ0v) is 14.7. The quantitative estimate of drug-likeness (QED) is 0.855. The monoisotopic (exact) mass is 326 g/mol. The molecular formula is C15H26N4O2S. The van der Waals surface area contributed by atoms with Crippen LogP contribution in [0.5, 0.6) is 0 Å². The van der Waals surface area contributed by atoms with Crippen molar-refractivity contribution in [2.45, 2.75) is 26.8 Å². The number of piperazine rings is 1. The molecule has 1 unspecified atom stereocenters. The van der Waals surface area contributed by atoms with E-state index in [0.717, 1.165) is 49.9 Å². The molecule has 1 atom stereocenters. The molecule has 1 aromatic rings. The number of ether oxygens (including phenoxy) is 1. The van der Waals surface area contributed by atoms with E-state index in [1.807, 2.05) is 20.8 Å². The van der Waals surface area contributed by atoms with E-state index < -0.39 is 0 Å². The van der Waals surface area contributed by atoms with Gasteiger partial charge in [0.2, 0.25) is 5.91 Å². The first-order chi connectivity index (χ1) is 10.5. The fourth-order valence-electron chi connectivity index (χ4n) is 2.50. The van der Waals surface area contributed by atoms with Crippen LogP contribution in [0.4, 0.5) is 5.13 Å². The summed E-state index contributed by atoms with van der Waals surface area (Å²) in [5, 5.41) is 3.64. The van der Waals surface area contributed by atoms with E-state index in [2.05, 4.69) is 20.1 Å². The van der Waals surface area contributed by atoms with Gasteiger partial charge in [0.25, 0.3) is 0 Å². The predicted molar refractivity (Wildman–Crippen MR) is 89.6 cm³/mol. The third-order valence-corrected chi connectivity index (χ3v) is 5.19. The molecule has 0 bridgehead atoms. The number of aryl methyl sites for hydroxylation is 2. The van der Waals surface area contributed by atoms with Gasteiger partial charge in [-0.05, 0) is 20.8 Å². The van der Waals surface area contributed by atoms with Gasteiger partial charge in [0.1, 0.15) is 0 Å². The van der Waals surface area contributed by atoms with Crippen molar-refractivity contribution in [1.29, 1.82) is 0 Å². The first kappa shape index (κ1) is 17.3. The molecule has 1 amide bonds. The third-order valence-electron chi connectivity index (χ3n) is 4.20. The minimum atomic E-state index is -0.130. The lowest BCUT2D eigenvalue weighted by atomic mass is 10.2. The standard InChI is InChI=1S/C15H26N4O2S/c1-11-13(3)22-15(16-11)17-14(20)12(2)19-7-5-18(6-8-19)9-10-21-4/h12H,5-10H2,1-4H3,(H,16,17,20). The fraction of sp³-hybridized carbons (Fsp3) is 0.733. The molecule has 0 radical (unpaired) electrons. The molecule has 6 nitrogen and oxygen atoms in total. The third kappa shape index (κ3) is 4.49. The van der Waals surface area contributed by atoms with Crippen molar-refractivity contribution in [3.05, 3.63) is 10.6 Å². The molecule has 0 aliphatic carbocycles. The highest BCUT2D eigenvalue weighted by molar-refractivity contribution is 7.15. The molecule has 1 saturated heterocycles. The van der Waals surface area contributed by atoms with Gasteiger partial charge in [0.15, 0.2) is 5.13 Å². The van der Waals surface area contributed by atoms with Gasteiger partial charge >= 0.3 is 0 Å². The van der Waals surface area contributed by atoms with E-state index in [0.29, 0.717) is 5.13 Å². The second kappa shape index (κ2) is 8.01. The number of aromatic nitrogens is 1. The summed E-state index contributed by atoms with van der Waals surface area (Å²) < 4.78 is 5.11. The topological polar surface area (TPSA) is 57.7 Å². The Kier molecular flexibility index (Phi) is 6.31. The Morgan fingerprint density at radius 3 is 2.59 bits per heavy atom. The molecule has 22 heavy (non-hydrogen) atoms. The number of hydrogen-bond acceptors (Lipinski definition) is 6. The summed E-state index contributed by atoms with van der Waals surface area (Å²) in [7, 11) is 1.73. The Morgan fingerprint density at radius 1 is 1.36 bits per heavy atom. The smallest absolute Gasteiger partial charge is 0.243 e. The van der Waals surface area contributed by atoms with Crippen molar-refractivity contribution in [1.82, 2.24) is 14.8 Å². The van der Waals surface area contributed by atoms with Crippen LogP contribution in [0.15, 0.2) is 0 Å². The van der Waals surface area contributed by atoms with Crippen molar-refractivity contribution < 1.29 is 9.53 Å². The highest BCUT2D eigenvalue weighted by atomic mass is 32.1. The molecule has 1 aromatic heterocycles. The molecular weight excluding hydrogens is 300 g/mol. The largest absolute Gasteiger partial charge is 0.383 e. The predicted octanol–water partition coefficient (Wildman–Crippen LogP) is 1.35. The zero-order chi connectivity index (χ0) is 16.1. The van der Waals surface area contributed by atoms with Gasteiger partial charge < -0.3 is 10.1 Å². The first-order valence-corrected chi connectivity index (χ1v) is 8.53. The second-order valence-electron chi connectivity index (χ2n) is 5.70. The van der Waals surface area contributed by atoms with Crippen molar-refractivity contribution >= 4 is 22.4 Å². The minimum absolute atomic E-state index is 0.0269. The van der Waals surface area contributed by atoms with Crippen LogP contribution < -0.4 is 5.32 Å². The maximum Gasteiger partial charge on any atom is 0.243 e. The lowest BCUT2D eigenvalue weighted by Crippen LogP contribution is -2.53. The van der Waals surface area contributed by atoms with Gasteiger partial charge in [-0.3, -0.25) is 14.6 Å². The molecule has 1 fully saturated rings. The Labute approximate surface area is 136 Å². The van der Waals surface area contributed by atoms with Gasteiger partial charge in [-0.1, -0.05) is 0 Å². The Hall–Kier alpha value is -1.02. The summed E-state index contributed by atoms with van der Waals surface area (Å²) in [5.41, 5.74) is 0.986. The minimum Gasteiger partial charge on any atom is -0.383 e. The van der Waals surface area contributed by atoms with Crippen LogP contribution in [0.25, 0.3) is 0 Å². The molecule has 0 spiro atoms. The molecule has 1 aliphatic heterocycles. The van der Waals surface area contributed by atoms with Gasteiger partial charge in [0.05, 0.1) is 18.3 Å². The van der Waals surface area contributed by atoms with Crippen LogP contribution in [0.1, 0.15) is 17.5 Å². The highest BCUT2D eigenvalue weighted by Crippen LogP contribution is 2.21. The molecule has 0 saturated carbocycles. The van der Waals surface area contributed by atoms with E-state index in [1.54, 1.807) is 7.11 Å². The number of hydrogen-bond donors (Lipinski definition) is 1. The van der Waals surface area contributed by atoms with Gasteiger partial charge in [-0.25, -0.2) is 4.98 Å².